The van der Waals surface area contributed by atoms with Crippen LogP contribution in [0.2, 0.25) is 0 Å². The number of nitrogens with zero attached hydrogens (tertiary/aromatic N) is 1. The second-order valence-electron chi connectivity index (χ2n) is 8.29. The van der Waals surface area contributed by atoms with Gasteiger partial charge in [0.05, 0.1) is 4.90 Å². The predicted molar refractivity (Wildman–Crippen MR) is 134 cm³/mol. The molecule has 33 heavy (non-hydrogen) atoms. The van der Waals surface area contributed by atoms with Crippen LogP contribution in [-0.2, 0) is 9.84 Å². The summed E-state index contributed by atoms with van der Waals surface area (Å²) in [5.41, 5.74) is 3.01. The van der Waals surface area contributed by atoms with Crippen molar-refractivity contribution < 1.29 is 13.2 Å². The predicted octanol–water partition coefficient (Wildman–Crippen LogP) is 5.11. The van der Waals surface area contributed by atoms with Crippen molar-refractivity contribution in [3.63, 3.8) is 0 Å². The van der Waals surface area contributed by atoms with E-state index in [1.54, 1.807) is 12.1 Å². The van der Waals surface area contributed by atoms with Gasteiger partial charge >= 0.3 is 0 Å². The van der Waals surface area contributed by atoms with E-state index in [2.05, 4.69) is 34.5 Å². The van der Waals surface area contributed by atoms with E-state index in [0.29, 0.717) is 4.90 Å². The highest BCUT2D eigenvalue weighted by atomic mass is 32.2. The lowest BCUT2D eigenvalue weighted by atomic mass is 9.99. The van der Waals surface area contributed by atoms with Gasteiger partial charge in [-0.1, -0.05) is 42.5 Å². The van der Waals surface area contributed by atoms with Gasteiger partial charge < -0.3 is 15.0 Å². The van der Waals surface area contributed by atoms with Gasteiger partial charge in [-0.05, 0) is 53.4 Å². The first kappa shape index (κ1) is 21.5. The molecule has 0 unspecified atom stereocenters. The van der Waals surface area contributed by atoms with Crippen LogP contribution in [0.15, 0.2) is 89.8 Å². The summed E-state index contributed by atoms with van der Waals surface area (Å²) in [6.45, 7) is 3.99. The average molecular weight is 459 g/mol. The maximum Gasteiger partial charge on any atom is 0.175 e. The number of sulfone groups is 1. The third-order valence-electron chi connectivity index (χ3n) is 6.01. The number of benzene rings is 4. The Labute approximate surface area is 194 Å². The molecule has 4 aromatic rings. The third-order valence-corrected chi connectivity index (χ3v) is 7.14. The highest BCUT2D eigenvalue weighted by molar-refractivity contribution is 7.90. The van der Waals surface area contributed by atoms with Crippen LogP contribution in [0.1, 0.15) is 0 Å². The van der Waals surface area contributed by atoms with Crippen LogP contribution in [-0.4, -0.2) is 40.9 Å². The Balaban J connectivity index is 1.52. The van der Waals surface area contributed by atoms with E-state index in [9.17, 15) is 8.42 Å². The van der Waals surface area contributed by atoms with E-state index in [-0.39, 0.29) is 0 Å². The fourth-order valence-corrected chi connectivity index (χ4v) is 4.86. The fraction of sp³-hybridized carbons (Fsp3) is 0.185. The van der Waals surface area contributed by atoms with E-state index in [1.807, 2.05) is 48.5 Å². The molecule has 0 amide bonds. The van der Waals surface area contributed by atoms with Crippen LogP contribution in [0.5, 0.6) is 11.5 Å². The summed E-state index contributed by atoms with van der Waals surface area (Å²) >= 11 is 0. The number of anilines is 1. The van der Waals surface area contributed by atoms with Crippen molar-refractivity contribution in [1.82, 2.24) is 5.32 Å². The monoisotopic (exact) mass is 458 g/mol. The molecule has 4 aromatic carbocycles. The molecule has 0 spiro atoms. The van der Waals surface area contributed by atoms with Crippen LogP contribution in [0.25, 0.3) is 21.9 Å². The number of ether oxygens (including phenoxy) is 1. The molecule has 1 fully saturated rings. The number of piperazine rings is 1. The summed E-state index contributed by atoms with van der Waals surface area (Å²) in [5, 5.41) is 5.47. The number of hydrogen-bond acceptors (Lipinski definition) is 5. The van der Waals surface area contributed by atoms with Crippen molar-refractivity contribution in [3.8, 4) is 22.6 Å². The van der Waals surface area contributed by atoms with Gasteiger partial charge in [-0.3, -0.25) is 0 Å². The normalized spacial score (nSPS) is 14.4. The molecule has 0 aromatic heterocycles. The lowest BCUT2D eigenvalue weighted by molar-refractivity contribution is 0.490. The molecule has 168 valence electrons. The van der Waals surface area contributed by atoms with Crippen molar-refractivity contribution >= 4 is 26.3 Å². The van der Waals surface area contributed by atoms with Gasteiger partial charge in [0.25, 0.3) is 0 Å². The molecule has 0 aliphatic carbocycles. The van der Waals surface area contributed by atoms with Crippen LogP contribution >= 0.6 is 0 Å². The Morgan fingerprint density at radius 1 is 0.818 bits per heavy atom. The molecule has 1 heterocycles. The van der Waals surface area contributed by atoms with Gasteiger partial charge in [-0.25, -0.2) is 8.42 Å². The average Bonchev–Trinajstić information content (AvgIpc) is 2.85. The molecule has 5 rings (SSSR count). The minimum atomic E-state index is -3.25. The maximum absolute atomic E-state index is 11.9. The van der Waals surface area contributed by atoms with Crippen LogP contribution in [0.3, 0.4) is 0 Å². The molecule has 0 atom stereocenters. The highest BCUT2D eigenvalue weighted by Crippen LogP contribution is 2.40. The van der Waals surface area contributed by atoms with Gasteiger partial charge in [0.2, 0.25) is 0 Å². The standard InChI is InChI=1S/C27H26N2O3S/c1-33(30,31)24-13-6-21(7-14-24)26-15-8-20-4-2-3-5-25(20)27(26)32-23-11-9-22(10-12-23)29-18-16-28-17-19-29/h2-15,28H,16-19H2,1H3. The minimum absolute atomic E-state index is 0.304. The zero-order chi connectivity index (χ0) is 22.8. The van der Waals surface area contributed by atoms with Crippen LogP contribution < -0.4 is 15.0 Å². The Kier molecular flexibility index (Phi) is 5.79. The zero-order valence-electron chi connectivity index (χ0n) is 18.5. The Hall–Kier alpha value is -3.35. The quantitative estimate of drug-likeness (QED) is 0.450. The van der Waals surface area contributed by atoms with Crippen molar-refractivity contribution in [2.75, 3.05) is 37.3 Å². The number of fused-ring (bicyclic) bond motifs is 1. The summed E-state index contributed by atoms with van der Waals surface area (Å²) < 4.78 is 30.2. The number of nitrogens with one attached hydrogen (secondary N) is 1. The highest BCUT2D eigenvalue weighted by Gasteiger charge is 2.15. The van der Waals surface area contributed by atoms with Gasteiger partial charge in [-0.2, -0.15) is 0 Å². The molecule has 1 aliphatic heterocycles. The Morgan fingerprint density at radius 2 is 1.52 bits per heavy atom. The number of hydrogen-bond donors (Lipinski definition) is 1. The van der Waals surface area contributed by atoms with Gasteiger partial charge in [0.15, 0.2) is 9.84 Å². The summed E-state index contributed by atoms with van der Waals surface area (Å²) in [6, 6.07) is 27.4. The van der Waals surface area contributed by atoms with Crippen molar-refractivity contribution in [2.24, 2.45) is 0 Å². The molecular weight excluding hydrogens is 432 g/mol. The van der Waals surface area contributed by atoms with Gasteiger partial charge in [0, 0.05) is 49.1 Å². The third kappa shape index (κ3) is 4.58. The number of rotatable bonds is 5. The zero-order valence-corrected chi connectivity index (χ0v) is 19.3. The van der Waals surface area contributed by atoms with E-state index >= 15 is 0 Å². The van der Waals surface area contributed by atoms with E-state index < -0.39 is 9.84 Å². The van der Waals surface area contributed by atoms with Gasteiger partial charge in [0.1, 0.15) is 11.5 Å². The van der Waals surface area contributed by atoms with Crippen molar-refractivity contribution in [3.05, 3.63) is 84.9 Å². The summed E-state index contributed by atoms with van der Waals surface area (Å²) in [4.78, 5) is 2.67. The molecule has 1 aliphatic rings. The second kappa shape index (κ2) is 8.89. The molecule has 0 saturated carbocycles. The largest absolute Gasteiger partial charge is 0.456 e. The fourth-order valence-electron chi connectivity index (χ4n) is 4.23. The molecule has 1 N–H and O–H groups in total. The second-order valence-corrected chi connectivity index (χ2v) is 10.3. The van der Waals surface area contributed by atoms with Crippen LogP contribution in [0.4, 0.5) is 5.69 Å². The van der Waals surface area contributed by atoms with Crippen molar-refractivity contribution in [2.45, 2.75) is 4.90 Å². The SMILES string of the molecule is CS(=O)(=O)c1ccc(-c2ccc3ccccc3c2Oc2ccc(N3CCNCC3)cc2)cc1. The molecular formula is C27H26N2O3S. The molecule has 5 nitrogen and oxygen atoms in total. The Bertz CT molecular complexity index is 1380. The Morgan fingerprint density at radius 3 is 2.21 bits per heavy atom. The molecule has 1 saturated heterocycles. The molecule has 0 bridgehead atoms. The van der Waals surface area contributed by atoms with Crippen molar-refractivity contribution in [1.29, 1.82) is 0 Å². The first-order chi connectivity index (χ1) is 16.0. The first-order valence-electron chi connectivity index (χ1n) is 11.0. The molecule has 0 radical (unpaired) electrons. The maximum atomic E-state index is 11.9. The van der Waals surface area contributed by atoms with Crippen LogP contribution in [0, 0.1) is 0 Å². The first-order valence-corrected chi connectivity index (χ1v) is 12.9. The summed E-state index contributed by atoms with van der Waals surface area (Å²) in [7, 11) is -3.25. The van der Waals surface area contributed by atoms with E-state index in [0.717, 1.165) is 59.6 Å². The van der Waals surface area contributed by atoms with Gasteiger partial charge in [-0.15, -0.1) is 0 Å². The smallest absolute Gasteiger partial charge is 0.175 e. The minimum Gasteiger partial charge on any atom is -0.456 e. The summed E-state index contributed by atoms with van der Waals surface area (Å²) in [5.74, 6) is 1.52. The van der Waals surface area contributed by atoms with E-state index in [1.165, 1.54) is 11.9 Å². The lowest BCUT2D eigenvalue weighted by Crippen LogP contribution is -2.43. The lowest BCUT2D eigenvalue weighted by Gasteiger charge is -2.29. The molecule has 6 heteroatoms. The topological polar surface area (TPSA) is 58.6 Å². The summed E-state index contributed by atoms with van der Waals surface area (Å²) in [6.07, 6.45) is 1.22. The van der Waals surface area contributed by atoms with E-state index in [4.69, 9.17) is 4.74 Å².